The second-order valence-electron chi connectivity index (χ2n) is 7.96. The van der Waals surface area contributed by atoms with Crippen molar-refractivity contribution in [1.82, 2.24) is 4.98 Å². The van der Waals surface area contributed by atoms with E-state index >= 15 is 0 Å². The Morgan fingerprint density at radius 1 is 0.967 bits per heavy atom. The van der Waals surface area contributed by atoms with Crippen molar-refractivity contribution < 1.29 is 9.90 Å². The van der Waals surface area contributed by atoms with Gasteiger partial charge in [-0.05, 0) is 91.2 Å². The number of rotatable bonds is 7. The van der Waals surface area contributed by atoms with Crippen LogP contribution in [0, 0.1) is 0 Å². The van der Waals surface area contributed by atoms with Gasteiger partial charge in [-0.1, -0.05) is 30.7 Å². The van der Waals surface area contributed by atoms with Crippen molar-refractivity contribution in [1.29, 1.82) is 0 Å². The molecule has 0 radical (unpaired) electrons. The number of carbonyl (C=O) groups is 1. The molecule has 4 heteroatoms. The molecule has 2 aromatic carbocycles. The summed E-state index contributed by atoms with van der Waals surface area (Å²) in [6, 6.07) is 17.6. The molecule has 30 heavy (non-hydrogen) atoms. The lowest BCUT2D eigenvalue weighted by atomic mass is 9.92. The first-order valence-corrected chi connectivity index (χ1v) is 10.8. The van der Waals surface area contributed by atoms with E-state index in [1.165, 1.54) is 16.7 Å². The summed E-state index contributed by atoms with van der Waals surface area (Å²) in [5.41, 5.74) is 12.7. The highest BCUT2D eigenvalue weighted by atomic mass is 16.3. The number of hydrogen-bond donors (Lipinski definition) is 2. The van der Waals surface area contributed by atoms with Crippen molar-refractivity contribution in [3.8, 4) is 28.1 Å². The Balaban J connectivity index is 1.82. The van der Waals surface area contributed by atoms with E-state index in [9.17, 15) is 9.90 Å². The first kappa shape index (κ1) is 20.3. The Morgan fingerprint density at radius 2 is 1.77 bits per heavy atom. The second-order valence-corrected chi connectivity index (χ2v) is 7.96. The average molecular weight is 401 g/mol. The molecule has 3 N–H and O–H groups in total. The minimum Gasteiger partial charge on any atom is -0.508 e. The van der Waals surface area contributed by atoms with Crippen LogP contribution in [0.2, 0.25) is 0 Å². The number of benzene rings is 2. The molecule has 1 heterocycles. The third-order valence-electron chi connectivity index (χ3n) is 5.84. The molecular weight excluding hydrogens is 372 g/mol. The van der Waals surface area contributed by atoms with E-state index in [1.54, 1.807) is 12.1 Å². The number of Topliss-reactive ketones (excluding diaryl/α,β-unsaturated/α-hetero) is 1. The van der Waals surface area contributed by atoms with Gasteiger partial charge in [0.25, 0.3) is 0 Å². The minimum atomic E-state index is 0.0802. The average Bonchev–Trinajstić information content (AvgIpc) is 2.96. The first-order chi connectivity index (χ1) is 14.7. The molecular formula is C26H28N2O2. The normalized spacial score (nSPS) is 12.7. The summed E-state index contributed by atoms with van der Waals surface area (Å²) >= 11 is 0. The fourth-order valence-corrected chi connectivity index (χ4v) is 4.26. The maximum absolute atomic E-state index is 13.0. The van der Waals surface area contributed by atoms with Crippen molar-refractivity contribution in [3.05, 3.63) is 71.4 Å². The molecule has 0 unspecified atom stereocenters. The van der Waals surface area contributed by atoms with Gasteiger partial charge in [0.15, 0.2) is 5.78 Å². The van der Waals surface area contributed by atoms with Crippen LogP contribution in [0.25, 0.3) is 22.4 Å². The van der Waals surface area contributed by atoms with E-state index in [1.807, 2.05) is 18.2 Å². The molecule has 0 bridgehead atoms. The Hall–Kier alpha value is -2.98. The first-order valence-electron chi connectivity index (χ1n) is 10.8. The van der Waals surface area contributed by atoms with Crippen LogP contribution in [-0.2, 0) is 12.8 Å². The lowest BCUT2D eigenvalue weighted by molar-refractivity contribution is 0.0974. The minimum absolute atomic E-state index is 0.0802. The number of phenolic OH excluding ortho intramolecular Hbond substituents is 1. The number of aromatic nitrogens is 1. The fourth-order valence-electron chi connectivity index (χ4n) is 4.26. The quantitative estimate of drug-likeness (QED) is 0.416. The highest BCUT2D eigenvalue weighted by Gasteiger charge is 2.22. The lowest BCUT2D eigenvalue weighted by Gasteiger charge is -2.16. The van der Waals surface area contributed by atoms with Crippen molar-refractivity contribution in [3.63, 3.8) is 0 Å². The monoisotopic (exact) mass is 400 g/mol. The molecule has 4 rings (SSSR count). The van der Waals surface area contributed by atoms with Crippen LogP contribution >= 0.6 is 0 Å². The molecule has 0 saturated heterocycles. The predicted octanol–water partition coefficient (Wildman–Crippen LogP) is 5.31. The summed E-state index contributed by atoms with van der Waals surface area (Å²) in [6.45, 7) is 0.660. The molecule has 1 aromatic heterocycles. The molecule has 0 amide bonds. The van der Waals surface area contributed by atoms with Crippen molar-refractivity contribution in [2.24, 2.45) is 5.73 Å². The summed E-state index contributed by atoms with van der Waals surface area (Å²) in [6.07, 6.45) is 6.20. The summed E-state index contributed by atoms with van der Waals surface area (Å²) in [4.78, 5) is 17.8. The van der Waals surface area contributed by atoms with E-state index in [0.29, 0.717) is 18.7 Å². The molecule has 0 aliphatic heterocycles. The predicted molar refractivity (Wildman–Crippen MR) is 121 cm³/mol. The van der Waals surface area contributed by atoms with Crippen LogP contribution in [0.5, 0.6) is 5.75 Å². The molecule has 0 spiro atoms. The molecule has 0 atom stereocenters. The number of pyridine rings is 1. The summed E-state index contributed by atoms with van der Waals surface area (Å²) in [5.74, 6) is 0.305. The molecule has 154 valence electrons. The van der Waals surface area contributed by atoms with Gasteiger partial charge < -0.3 is 10.8 Å². The largest absolute Gasteiger partial charge is 0.508 e. The molecule has 1 aliphatic rings. The van der Waals surface area contributed by atoms with E-state index in [-0.39, 0.29) is 11.5 Å². The Bertz CT molecular complexity index is 1040. The van der Waals surface area contributed by atoms with E-state index in [2.05, 4.69) is 24.3 Å². The number of fused-ring (bicyclic) bond motifs is 3. The van der Waals surface area contributed by atoms with Crippen molar-refractivity contribution >= 4 is 5.78 Å². The maximum atomic E-state index is 13.0. The molecule has 1 aliphatic carbocycles. The van der Waals surface area contributed by atoms with Gasteiger partial charge in [-0.2, -0.15) is 0 Å². The van der Waals surface area contributed by atoms with Crippen LogP contribution in [0.4, 0.5) is 0 Å². The SMILES string of the molecule is NCCCCCC(=O)c1cc2c(c(-c3ccc(O)cc3)n1)CCCc1ccccc1-2. The van der Waals surface area contributed by atoms with Gasteiger partial charge in [0, 0.05) is 12.0 Å². The van der Waals surface area contributed by atoms with Gasteiger partial charge in [0.05, 0.1) is 5.69 Å². The third kappa shape index (κ3) is 4.29. The number of carbonyl (C=O) groups excluding carboxylic acids is 1. The van der Waals surface area contributed by atoms with E-state index in [0.717, 1.165) is 55.3 Å². The van der Waals surface area contributed by atoms with Crippen LogP contribution < -0.4 is 5.73 Å². The molecule has 0 fully saturated rings. The van der Waals surface area contributed by atoms with Crippen LogP contribution in [0.3, 0.4) is 0 Å². The van der Waals surface area contributed by atoms with Crippen molar-refractivity contribution in [2.75, 3.05) is 6.54 Å². The number of phenols is 1. The van der Waals surface area contributed by atoms with Gasteiger partial charge in [-0.3, -0.25) is 4.79 Å². The molecule has 4 nitrogen and oxygen atoms in total. The van der Waals surface area contributed by atoms with Gasteiger partial charge >= 0.3 is 0 Å². The number of hydrogen-bond acceptors (Lipinski definition) is 4. The highest BCUT2D eigenvalue weighted by Crippen LogP contribution is 2.38. The molecule has 0 saturated carbocycles. The third-order valence-corrected chi connectivity index (χ3v) is 5.84. The van der Waals surface area contributed by atoms with Gasteiger partial charge in [-0.15, -0.1) is 0 Å². The second kappa shape index (κ2) is 9.23. The zero-order valence-corrected chi connectivity index (χ0v) is 17.2. The maximum Gasteiger partial charge on any atom is 0.181 e. The number of aryl methyl sites for hydroxylation is 1. The zero-order chi connectivity index (χ0) is 20.9. The molecule has 3 aromatic rings. The standard InChI is InChI=1S/C26H28N2O2/c27-16-5-1-2-11-25(30)24-17-23-21-9-4-3-7-18(21)8-6-10-22(23)26(28-24)19-12-14-20(29)15-13-19/h3-4,7,9,12-15,17,29H,1-2,5-6,8,10-11,16,27H2. The lowest BCUT2D eigenvalue weighted by Crippen LogP contribution is -2.07. The van der Waals surface area contributed by atoms with Crippen LogP contribution in [0.15, 0.2) is 54.6 Å². The van der Waals surface area contributed by atoms with Crippen LogP contribution in [-0.4, -0.2) is 22.4 Å². The number of ketones is 1. The number of nitrogens with zero attached hydrogens (tertiary/aromatic N) is 1. The smallest absolute Gasteiger partial charge is 0.181 e. The van der Waals surface area contributed by atoms with E-state index < -0.39 is 0 Å². The number of aromatic hydroxyl groups is 1. The Morgan fingerprint density at radius 3 is 2.57 bits per heavy atom. The van der Waals surface area contributed by atoms with E-state index in [4.69, 9.17) is 10.7 Å². The highest BCUT2D eigenvalue weighted by molar-refractivity contribution is 5.97. The van der Waals surface area contributed by atoms with Gasteiger partial charge in [0.1, 0.15) is 11.4 Å². The summed E-state index contributed by atoms with van der Waals surface area (Å²) in [7, 11) is 0. The topological polar surface area (TPSA) is 76.2 Å². The summed E-state index contributed by atoms with van der Waals surface area (Å²) in [5, 5.41) is 9.72. The Kier molecular flexibility index (Phi) is 6.24. The number of nitrogens with two attached hydrogens (primary N) is 1. The summed E-state index contributed by atoms with van der Waals surface area (Å²) < 4.78 is 0. The van der Waals surface area contributed by atoms with Gasteiger partial charge in [-0.25, -0.2) is 4.98 Å². The zero-order valence-electron chi connectivity index (χ0n) is 17.2. The van der Waals surface area contributed by atoms with Gasteiger partial charge in [0.2, 0.25) is 0 Å². The fraction of sp³-hybridized carbons (Fsp3) is 0.308. The van der Waals surface area contributed by atoms with Crippen molar-refractivity contribution in [2.45, 2.75) is 44.9 Å². The Labute approximate surface area is 177 Å². The number of unbranched alkanes of at least 4 members (excludes halogenated alkanes) is 2. The van der Waals surface area contributed by atoms with Crippen LogP contribution in [0.1, 0.15) is 53.7 Å².